The quantitative estimate of drug-likeness (QED) is 0.839. The first kappa shape index (κ1) is 12.2. The third-order valence-corrected chi connectivity index (χ3v) is 3.20. The summed E-state index contributed by atoms with van der Waals surface area (Å²) in [6, 6.07) is 0. The standard InChI is InChI=1S/C11H21BrN2/c1-4-11(3)9-14(8-10(2)12)7-5-6-13-11/h13H,2,4-9H2,1,3H3. The summed E-state index contributed by atoms with van der Waals surface area (Å²) in [5, 5.41) is 3.62. The Balaban J connectivity index is 2.55. The molecule has 0 bridgehead atoms. The lowest BCUT2D eigenvalue weighted by Crippen LogP contribution is -2.48. The molecule has 82 valence electrons. The fourth-order valence-electron chi connectivity index (χ4n) is 1.94. The van der Waals surface area contributed by atoms with E-state index in [1.54, 1.807) is 0 Å². The maximum Gasteiger partial charge on any atom is 0.0294 e. The Labute approximate surface area is 95.9 Å². The van der Waals surface area contributed by atoms with Crippen LogP contribution in [0.1, 0.15) is 26.7 Å². The van der Waals surface area contributed by atoms with Crippen LogP contribution in [0.5, 0.6) is 0 Å². The van der Waals surface area contributed by atoms with Crippen molar-refractivity contribution < 1.29 is 0 Å². The highest BCUT2D eigenvalue weighted by atomic mass is 79.9. The number of nitrogens with zero attached hydrogens (tertiary/aromatic N) is 1. The molecule has 0 aromatic carbocycles. The molecule has 0 aliphatic carbocycles. The molecule has 0 aromatic rings. The van der Waals surface area contributed by atoms with Crippen LogP contribution in [-0.2, 0) is 0 Å². The summed E-state index contributed by atoms with van der Waals surface area (Å²) in [4.78, 5) is 2.47. The Morgan fingerprint density at radius 2 is 2.36 bits per heavy atom. The number of nitrogens with one attached hydrogen (secondary N) is 1. The van der Waals surface area contributed by atoms with E-state index in [0.717, 1.165) is 24.1 Å². The SMILES string of the molecule is C=C(Br)CN1CCCNC(C)(CC)C1. The molecule has 1 saturated heterocycles. The lowest BCUT2D eigenvalue weighted by atomic mass is 9.99. The largest absolute Gasteiger partial charge is 0.310 e. The molecule has 1 fully saturated rings. The molecule has 1 heterocycles. The molecule has 3 heteroatoms. The maximum absolute atomic E-state index is 3.91. The highest BCUT2D eigenvalue weighted by Crippen LogP contribution is 2.16. The van der Waals surface area contributed by atoms with Gasteiger partial charge in [-0.3, -0.25) is 4.90 Å². The van der Waals surface area contributed by atoms with Crippen LogP contribution in [0.3, 0.4) is 0 Å². The van der Waals surface area contributed by atoms with Crippen LogP contribution in [0.25, 0.3) is 0 Å². The van der Waals surface area contributed by atoms with E-state index in [9.17, 15) is 0 Å². The van der Waals surface area contributed by atoms with Crippen molar-refractivity contribution in [3.05, 3.63) is 11.1 Å². The van der Waals surface area contributed by atoms with Crippen molar-refractivity contribution in [1.29, 1.82) is 0 Å². The van der Waals surface area contributed by atoms with E-state index in [1.807, 2.05) is 0 Å². The monoisotopic (exact) mass is 260 g/mol. The second-order valence-corrected chi connectivity index (χ2v) is 5.54. The third-order valence-electron chi connectivity index (χ3n) is 2.95. The number of hydrogen-bond acceptors (Lipinski definition) is 2. The molecule has 0 radical (unpaired) electrons. The normalized spacial score (nSPS) is 29.9. The first-order valence-corrected chi connectivity index (χ1v) is 6.16. The molecule has 2 nitrogen and oxygen atoms in total. The van der Waals surface area contributed by atoms with Crippen LogP contribution < -0.4 is 5.32 Å². The van der Waals surface area contributed by atoms with Gasteiger partial charge in [0.25, 0.3) is 0 Å². The van der Waals surface area contributed by atoms with Gasteiger partial charge in [0.1, 0.15) is 0 Å². The molecule has 0 aromatic heterocycles. The Morgan fingerprint density at radius 3 is 2.93 bits per heavy atom. The van der Waals surface area contributed by atoms with Crippen molar-refractivity contribution in [3.63, 3.8) is 0 Å². The number of halogens is 1. The van der Waals surface area contributed by atoms with E-state index >= 15 is 0 Å². The van der Waals surface area contributed by atoms with Gasteiger partial charge >= 0.3 is 0 Å². The molecule has 0 amide bonds. The molecule has 1 atom stereocenters. The van der Waals surface area contributed by atoms with Crippen LogP contribution >= 0.6 is 15.9 Å². The average Bonchev–Trinajstić information content (AvgIpc) is 2.27. The van der Waals surface area contributed by atoms with Crippen molar-refractivity contribution in [2.24, 2.45) is 0 Å². The molecular formula is C11H21BrN2. The Hall–Kier alpha value is 0.140. The molecule has 1 unspecified atom stereocenters. The van der Waals surface area contributed by atoms with Crippen LogP contribution in [0.15, 0.2) is 11.1 Å². The molecule has 1 aliphatic heterocycles. The Bertz CT molecular complexity index is 205. The van der Waals surface area contributed by atoms with Gasteiger partial charge in [-0.1, -0.05) is 29.4 Å². The van der Waals surface area contributed by atoms with E-state index in [1.165, 1.54) is 19.4 Å². The zero-order valence-corrected chi connectivity index (χ0v) is 10.9. The van der Waals surface area contributed by atoms with Gasteiger partial charge < -0.3 is 5.32 Å². The van der Waals surface area contributed by atoms with E-state index in [2.05, 4.69) is 46.6 Å². The fraction of sp³-hybridized carbons (Fsp3) is 0.818. The van der Waals surface area contributed by atoms with Gasteiger partial charge in [-0.15, -0.1) is 0 Å². The van der Waals surface area contributed by atoms with Gasteiger partial charge in [-0.2, -0.15) is 0 Å². The average molecular weight is 261 g/mol. The lowest BCUT2D eigenvalue weighted by molar-refractivity contribution is 0.232. The molecule has 0 spiro atoms. The summed E-state index contributed by atoms with van der Waals surface area (Å²) in [5.41, 5.74) is 0.277. The molecule has 1 rings (SSSR count). The van der Waals surface area contributed by atoms with Gasteiger partial charge in [-0.05, 0) is 32.9 Å². The van der Waals surface area contributed by atoms with Gasteiger partial charge in [0, 0.05) is 23.1 Å². The predicted octanol–water partition coefficient (Wildman–Crippen LogP) is 2.36. The minimum absolute atomic E-state index is 0.277. The summed E-state index contributed by atoms with van der Waals surface area (Å²) in [7, 11) is 0. The van der Waals surface area contributed by atoms with Crippen LogP contribution in [0, 0.1) is 0 Å². The van der Waals surface area contributed by atoms with E-state index in [-0.39, 0.29) is 5.54 Å². The first-order valence-electron chi connectivity index (χ1n) is 5.36. The maximum atomic E-state index is 3.91. The first-order chi connectivity index (χ1) is 6.56. The Kier molecular flexibility index (Phi) is 4.61. The van der Waals surface area contributed by atoms with Gasteiger partial charge in [0.2, 0.25) is 0 Å². The van der Waals surface area contributed by atoms with E-state index < -0.39 is 0 Å². The van der Waals surface area contributed by atoms with Crippen molar-refractivity contribution in [1.82, 2.24) is 10.2 Å². The zero-order chi connectivity index (χ0) is 10.6. The summed E-state index contributed by atoms with van der Waals surface area (Å²) in [6.45, 7) is 12.9. The van der Waals surface area contributed by atoms with Gasteiger partial charge in [0.05, 0.1) is 0 Å². The zero-order valence-electron chi connectivity index (χ0n) is 9.27. The number of rotatable bonds is 3. The van der Waals surface area contributed by atoms with E-state index in [4.69, 9.17) is 0 Å². The summed E-state index contributed by atoms with van der Waals surface area (Å²) >= 11 is 3.44. The minimum atomic E-state index is 0.277. The molecule has 1 aliphatic rings. The third kappa shape index (κ3) is 3.71. The molecule has 14 heavy (non-hydrogen) atoms. The van der Waals surface area contributed by atoms with Crippen LogP contribution in [0.4, 0.5) is 0 Å². The minimum Gasteiger partial charge on any atom is -0.310 e. The van der Waals surface area contributed by atoms with E-state index in [0.29, 0.717) is 0 Å². The molecule has 1 N–H and O–H groups in total. The number of hydrogen-bond donors (Lipinski definition) is 1. The fourth-order valence-corrected chi connectivity index (χ4v) is 2.29. The van der Waals surface area contributed by atoms with Crippen molar-refractivity contribution >= 4 is 15.9 Å². The molecule has 0 saturated carbocycles. The summed E-state index contributed by atoms with van der Waals surface area (Å²) < 4.78 is 1.08. The summed E-state index contributed by atoms with van der Waals surface area (Å²) in [6.07, 6.45) is 2.41. The lowest BCUT2D eigenvalue weighted by Gasteiger charge is -2.32. The highest BCUT2D eigenvalue weighted by molar-refractivity contribution is 9.11. The van der Waals surface area contributed by atoms with Gasteiger partial charge in [-0.25, -0.2) is 0 Å². The predicted molar refractivity (Wildman–Crippen MR) is 65.8 cm³/mol. The van der Waals surface area contributed by atoms with Crippen molar-refractivity contribution in [3.8, 4) is 0 Å². The molecular weight excluding hydrogens is 240 g/mol. The van der Waals surface area contributed by atoms with Crippen molar-refractivity contribution in [2.75, 3.05) is 26.2 Å². The van der Waals surface area contributed by atoms with Crippen LogP contribution in [-0.4, -0.2) is 36.6 Å². The van der Waals surface area contributed by atoms with Gasteiger partial charge in [0.15, 0.2) is 0 Å². The second kappa shape index (κ2) is 5.29. The topological polar surface area (TPSA) is 15.3 Å². The highest BCUT2D eigenvalue weighted by Gasteiger charge is 2.26. The smallest absolute Gasteiger partial charge is 0.0294 e. The second-order valence-electron chi connectivity index (χ2n) is 4.42. The van der Waals surface area contributed by atoms with Crippen molar-refractivity contribution in [2.45, 2.75) is 32.2 Å². The summed E-state index contributed by atoms with van der Waals surface area (Å²) in [5.74, 6) is 0. The van der Waals surface area contributed by atoms with Crippen LogP contribution in [0.2, 0.25) is 0 Å². The Morgan fingerprint density at radius 1 is 1.64 bits per heavy atom.